The van der Waals surface area contributed by atoms with Gasteiger partial charge in [0.2, 0.25) is 0 Å². The maximum Gasteiger partial charge on any atom is 0.260 e. The molecule has 0 bridgehead atoms. The van der Waals surface area contributed by atoms with E-state index in [-0.39, 0.29) is 5.91 Å². The average Bonchev–Trinajstić information content (AvgIpc) is 2.56. The normalized spacial score (nSPS) is 11.7. The molecule has 2 aromatic rings. The molecule has 24 heavy (non-hydrogen) atoms. The van der Waals surface area contributed by atoms with Gasteiger partial charge in [0.05, 0.1) is 6.54 Å². The van der Waals surface area contributed by atoms with Crippen molar-refractivity contribution in [2.45, 2.75) is 26.9 Å². The first-order chi connectivity index (χ1) is 11.5. The Balaban J connectivity index is 1.74. The topological polar surface area (TPSA) is 47.6 Å². The molecule has 1 atom stereocenters. The zero-order valence-electron chi connectivity index (χ0n) is 14.1. The minimum absolute atomic E-state index is 0.186. The number of carbonyl (C=O) groups excluding carboxylic acids is 1. The SMILES string of the molecule is Cc1ccc(C)c(OCCNC(=O)C(C)Oc2ccc(Cl)cc2)c1. The van der Waals surface area contributed by atoms with E-state index in [1.54, 1.807) is 31.2 Å². The van der Waals surface area contributed by atoms with Gasteiger partial charge in [0.25, 0.3) is 5.91 Å². The Morgan fingerprint density at radius 3 is 2.58 bits per heavy atom. The summed E-state index contributed by atoms with van der Waals surface area (Å²) in [5, 5.41) is 3.43. The summed E-state index contributed by atoms with van der Waals surface area (Å²) in [6.45, 7) is 6.54. The van der Waals surface area contributed by atoms with Gasteiger partial charge in [-0.15, -0.1) is 0 Å². The third-order valence-corrected chi connectivity index (χ3v) is 3.75. The van der Waals surface area contributed by atoms with Crippen LogP contribution in [0.2, 0.25) is 5.02 Å². The number of carbonyl (C=O) groups is 1. The van der Waals surface area contributed by atoms with Gasteiger partial charge in [-0.1, -0.05) is 23.7 Å². The van der Waals surface area contributed by atoms with Crippen LogP contribution in [0.5, 0.6) is 11.5 Å². The van der Waals surface area contributed by atoms with E-state index in [9.17, 15) is 4.79 Å². The van der Waals surface area contributed by atoms with Crippen molar-refractivity contribution in [3.05, 3.63) is 58.6 Å². The third-order valence-electron chi connectivity index (χ3n) is 3.50. The second-order valence-corrected chi connectivity index (χ2v) is 6.06. The number of benzene rings is 2. The minimum atomic E-state index is -0.591. The van der Waals surface area contributed by atoms with Gasteiger partial charge in [0, 0.05) is 5.02 Å². The standard InChI is InChI=1S/C19H22ClNO3/c1-13-4-5-14(2)18(12-13)23-11-10-21-19(22)15(3)24-17-8-6-16(20)7-9-17/h4-9,12,15H,10-11H2,1-3H3,(H,21,22). The monoisotopic (exact) mass is 347 g/mol. The zero-order valence-corrected chi connectivity index (χ0v) is 14.9. The molecular formula is C19H22ClNO3. The molecule has 5 heteroatoms. The van der Waals surface area contributed by atoms with Gasteiger partial charge in [-0.25, -0.2) is 0 Å². The summed E-state index contributed by atoms with van der Waals surface area (Å²) in [5.41, 5.74) is 2.22. The summed E-state index contributed by atoms with van der Waals surface area (Å²) < 4.78 is 11.3. The van der Waals surface area contributed by atoms with Gasteiger partial charge < -0.3 is 14.8 Å². The van der Waals surface area contributed by atoms with Crippen LogP contribution in [0, 0.1) is 13.8 Å². The number of hydrogen-bond acceptors (Lipinski definition) is 3. The highest BCUT2D eigenvalue weighted by Gasteiger charge is 2.14. The molecule has 0 aliphatic rings. The van der Waals surface area contributed by atoms with Crippen molar-refractivity contribution >= 4 is 17.5 Å². The highest BCUT2D eigenvalue weighted by molar-refractivity contribution is 6.30. The average molecular weight is 348 g/mol. The largest absolute Gasteiger partial charge is 0.491 e. The van der Waals surface area contributed by atoms with E-state index in [2.05, 4.69) is 5.32 Å². The van der Waals surface area contributed by atoms with Gasteiger partial charge in [-0.2, -0.15) is 0 Å². The van der Waals surface area contributed by atoms with E-state index in [4.69, 9.17) is 21.1 Å². The first-order valence-electron chi connectivity index (χ1n) is 7.85. The van der Waals surface area contributed by atoms with Crippen molar-refractivity contribution < 1.29 is 14.3 Å². The summed E-state index contributed by atoms with van der Waals surface area (Å²) in [6, 6.07) is 13.0. The number of nitrogens with one attached hydrogen (secondary N) is 1. The predicted octanol–water partition coefficient (Wildman–Crippen LogP) is 3.92. The lowest BCUT2D eigenvalue weighted by molar-refractivity contribution is -0.127. The number of aryl methyl sites for hydroxylation is 2. The van der Waals surface area contributed by atoms with Gasteiger partial charge >= 0.3 is 0 Å². The maximum absolute atomic E-state index is 12.0. The van der Waals surface area contributed by atoms with E-state index < -0.39 is 6.10 Å². The Labute approximate surface area is 147 Å². The van der Waals surface area contributed by atoms with E-state index in [0.29, 0.717) is 23.9 Å². The first kappa shape index (κ1) is 18.1. The first-order valence-corrected chi connectivity index (χ1v) is 8.23. The quantitative estimate of drug-likeness (QED) is 0.772. The van der Waals surface area contributed by atoms with Gasteiger partial charge in [-0.05, 0) is 62.2 Å². The van der Waals surface area contributed by atoms with E-state index in [0.717, 1.165) is 16.9 Å². The summed E-state index contributed by atoms with van der Waals surface area (Å²) in [6.07, 6.45) is -0.591. The molecule has 0 aromatic heterocycles. The van der Waals surface area contributed by atoms with Crippen LogP contribution >= 0.6 is 11.6 Å². The predicted molar refractivity (Wildman–Crippen MR) is 96.0 cm³/mol. The minimum Gasteiger partial charge on any atom is -0.491 e. The smallest absolute Gasteiger partial charge is 0.260 e. The molecule has 2 aromatic carbocycles. The number of ether oxygens (including phenoxy) is 2. The molecular weight excluding hydrogens is 326 g/mol. The van der Waals surface area contributed by atoms with Crippen molar-refractivity contribution in [2.75, 3.05) is 13.2 Å². The summed E-state index contributed by atoms with van der Waals surface area (Å²) in [5.74, 6) is 1.26. The Bertz CT molecular complexity index is 686. The van der Waals surface area contributed by atoms with Crippen LogP contribution < -0.4 is 14.8 Å². The fourth-order valence-electron chi connectivity index (χ4n) is 2.11. The highest BCUT2D eigenvalue weighted by Crippen LogP contribution is 2.19. The number of hydrogen-bond donors (Lipinski definition) is 1. The van der Waals surface area contributed by atoms with Crippen molar-refractivity contribution in [1.29, 1.82) is 0 Å². The fraction of sp³-hybridized carbons (Fsp3) is 0.316. The van der Waals surface area contributed by atoms with Crippen LogP contribution in [-0.2, 0) is 4.79 Å². The molecule has 0 aliphatic heterocycles. The van der Waals surface area contributed by atoms with Crippen LogP contribution in [0.15, 0.2) is 42.5 Å². The Kier molecular flexibility index (Phi) is 6.50. The van der Waals surface area contributed by atoms with Gasteiger partial charge in [-0.3, -0.25) is 4.79 Å². The molecule has 1 N–H and O–H groups in total. The lowest BCUT2D eigenvalue weighted by Gasteiger charge is -2.15. The van der Waals surface area contributed by atoms with Crippen LogP contribution in [0.1, 0.15) is 18.1 Å². The van der Waals surface area contributed by atoms with Gasteiger partial charge in [0.1, 0.15) is 18.1 Å². The van der Waals surface area contributed by atoms with Gasteiger partial charge in [0.15, 0.2) is 6.10 Å². The van der Waals surface area contributed by atoms with Crippen molar-refractivity contribution in [1.82, 2.24) is 5.32 Å². The molecule has 0 spiro atoms. The molecule has 4 nitrogen and oxygen atoms in total. The third kappa shape index (κ3) is 5.46. The summed E-state index contributed by atoms with van der Waals surface area (Å²) in [4.78, 5) is 12.0. The Morgan fingerprint density at radius 2 is 1.88 bits per heavy atom. The molecule has 0 saturated heterocycles. The molecule has 1 unspecified atom stereocenters. The second kappa shape index (κ2) is 8.60. The van der Waals surface area contributed by atoms with Crippen molar-refractivity contribution in [3.63, 3.8) is 0 Å². The van der Waals surface area contributed by atoms with Crippen LogP contribution in [0.25, 0.3) is 0 Å². The van der Waals surface area contributed by atoms with Crippen LogP contribution in [0.4, 0.5) is 0 Å². The number of rotatable bonds is 7. The number of halogens is 1. The van der Waals surface area contributed by atoms with Crippen molar-refractivity contribution in [3.8, 4) is 11.5 Å². The van der Waals surface area contributed by atoms with E-state index in [1.165, 1.54) is 0 Å². The molecule has 128 valence electrons. The van der Waals surface area contributed by atoms with Crippen LogP contribution in [0.3, 0.4) is 0 Å². The molecule has 0 radical (unpaired) electrons. The molecule has 2 rings (SSSR count). The van der Waals surface area contributed by atoms with Crippen molar-refractivity contribution in [2.24, 2.45) is 0 Å². The molecule has 0 aliphatic carbocycles. The Hall–Kier alpha value is -2.20. The van der Waals surface area contributed by atoms with Crippen LogP contribution in [-0.4, -0.2) is 25.2 Å². The molecule has 1 amide bonds. The molecule has 0 heterocycles. The van der Waals surface area contributed by atoms with E-state index in [1.807, 2.05) is 32.0 Å². The molecule has 0 saturated carbocycles. The summed E-state index contributed by atoms with van der Waals surface area (Å²) in [7, 11) is 0. The zero-order chi connectivity index (χ0) is 17.5. The lowest BCUT2D eigenvalue weighted by Crippen LogP contribution is -2.38. The fourth-order valence-corrected chi connectivity index (χ4v) is 2.24. The molecule has 0 fully saturated rings. The number of amides is 1. The lowest BCUT2D eigenvalue weighted by atomic mass is 10.1. The Morgan fingerprint density at radius 1 is 1.17 bits per heavy atom. The van der Waals surface area contributed by atoms with E-state index >= 15 is 0 Å². The highest BCUT2D eigenvalue weighted by atomic mass is 35.5. The second-order valence-electron chi connectivity index (χ2n) is 5.62. The maximum atomic E-state index is 12.0. The summed E-state index contributed by atoms with van der Waals surface area (Å²) >= 11 is 5.82.